The highest BCUT2D eigenvalue weighted by molar-refractivity contribution is 5.81. The molecule has 3 aliphatic rings. The summed E-state index contributed by atoms with van der Waals surface area (Å²) in [5, 5.41) is 9.60. The van der Waals surface area contributed by atoms with Crippen molar-refractivity contribution in [3.05, 3.63) is 0 Å². The van der Waals surface area contributed by atoms with Crippen molar-refractivity contribution in [2.45, 2.75) is 38.2 Å². The number of carboxylic acids is 1. The molecule has 0 radical (unpaired) electrons. The topological polar surface area (TPSA) is 76.1 Å². The van der Waals surface area contributed by atoms with E-state index in [9.17, 15) is 14.7 Å². The molecule has 3 aliphatic heterocycles. The molecule has 6 heteroatoms. The normalized spacial score (nSPS) is 36.3. The van der Waals surface area contributed by atoms with Gasteiger partial charge in [-0.1, -0.05) is 0 Å². The van der Waals surface area contributed by atoms with Crippen molar-refractivity contribution in [3.8, 4) is 0 Å². The van der Waals surface area contributed by atoms with E-state index in [0.717, 1.165) is 25.9 Å². The Kier molecular flexibility index (Phi) is 4.17. The minimum atomic E-state index is -0.804. The molecule has 6 nitrogen and oxygen atoms in total. The number of hydrogen-bond acceptors (Lipinski definition) is 4. The van der Waals surface area contributed by atoms with Gasteiger partial charge in [0.1, 0.15) is 0 Å². The third-order valence-corrected chi connectivity index (χ3v) is 5.16. The SMILES string of the molecule is O=C(CC1CCCCO1)N1C[C@H]2COCC[C@@]2(C(=O)O)C1. The van der Waals surface area contributed by atoms with Crippen molar-refractivity contribution >= 4 is 11.9 Å². The highest BCUT2D eigenvalue weighted by Crippen LogP contribution is 2.42. The fourth-order valence-corrected chi connectivity index (χ4v) is 3.78. The van der Waals surface area contributed by atoms with E-state index in [1.165, 1.54) is 0 Å². The van der Waals surface area contributed by atoms with E-state index < -0.39 is 11.4 Å². The molecular formula is C15H23NO5. The summed E-state index contributed by atoms with van der Waals surface area (Å²) in [6, 6.07) is 0. The van der Waals surface area contributed by atoms with Gasteiger partial charge in [0.05, 0.1) is 24.5 Å². The van der Waals surface area contributed by atoms with Crippen molar-refractivity contribution in [3.63, 3.8) is 0 Å². The number of likely N-dealkylation sites (tertiary alicyclic amines) is 1. The van der Waals surface area contributed by atoms with Crippen LogP contribution in [0.25, 0.3) is 0 Å². The lowest BCUT2D eigenvalue weighted by Gasteiger charge is -2.33. The summed E-state index contributed by atoms with van der Waals surface area (Å²) in [7, 11) is 0. The largest absolute Gasteiger partial charge is 0.481 e. The fourth-order valence-electron chi connectivity index (χ4n) is 3.78. The first kappa shape index (κ1) is 14.8. The maximum absolute atomic E-state index is 12.4. The molecule has 0 spiro atoms. The van der Waals surface area contributed by atoms with Crippen molar-refractivity contribution in [1.29, 1.82) is 0 Å². The molecule has 0 saturated carbocycles. The lowest BCUT2D eigenvalue weighted by Crippen LogP contribution is -2.45. The van der Waals surface area contributed by atoms with E-state index in [0.29, 0.717) is 39.1 Å². The molecule has 1 N–H and O–H groups in total. The number of aliphatic carboxylic acids is 1. The van der Waals surface area contributed by atoms with E-state index in [2.05, 4.69) is 0 Å². The number of ether oxygens (including phenoxy) is 2. The first-order valence-electron chi connectivity index (χ1n) is 7.82. The highest BCUT2D eigenvalue weighted by atomic mass is 16.5. The average Bonchev–Trinajstić information content (AvgIpc) is 2.89. The van der Waals surface area contributed by atoms with Gasteiger partial charge in [0.15, 0.2) is 0 Å². The number of carbonyl (C=O) groups excluding carboxylic acids is 1. The molecule has 1 unspecified atom stereocenters. The molecular weight excluding hydrogens is 274 g/mol. The maximum Gasteiger partial charge on any atom is 0.311 e. The Balaban J connectivity index is 1.64. The van der Waals surface area contributed by atoms with Gasteiger partial charge in [-0.05, 0) is 25.7 Å². The second-order valence-corrected chi connectivity index (χ2v) is 6.45. The number of amides is 1. The van der Waals surface area contributed by atoms with E-state index in [1.54, 1.807) is 4.90 Å². The number of carboxylic acid groups (broad SMARTS) is 1. The van der Waals surface area contributed by atoms with Crippen LogP contribution in [-0.2, 0) is 19.1 Å². The van der Waals surface area contributed by atoms with Gasteiger partial charge in [-0.25, -0.2) is 0 Å². The summed E-state index contributed by atoms with van der Waals surface area (Å²) in [5.74, 6) is -0.850. The summed E-state index contributed by atoms with van der Waals surface area (Å²) in [6.07, 6.45) is 3.98. The Hall–Kier alpha value is -1.14. The van der Waals surface area contributed by atoms with Crippen LogP contribution in [0.5, 0.6) is 0 Å². The Labute approximate surface area is 124 Å². The average molecular weight is 297 g/mol. The summed E-state index contributed by atoms with van der Waals surface area (Å²) in [4.78, 5) is 25.8. The van der Waals surface area contributed by atoms with Crippen LogP contribution in [0.1, 0.15) is 32.1 Å². The monoisotopic (exact) mass is 297 g/mol. The predicted octanol–water partition coefficient (Wildman–Crippen LogP) is 0.895. The number of hydrogen-bond donors (Lipinski definition) is 1. The molecule has 3 heterocycles. The molecule has 0 aromatic heterocycles. The number of carbonyl (C=O) groups is 2. The van der Waals surface area contributed by atoms with Crippen LogP contribution in [0.2, 0.25) is 0 Å². The molecule has 3 fully saturated rings. The van der Waals surface area contributed by atoms with E-state index in [4.69, 9.17) is 9.47 Å². The van der Waals surface area contributed by atoms with E-state index in [-0.39, 0.29) is 17.9 Å². The van der Waals surface area contributed by atoms with Crippen LogP contribution in [0.15, 0.2) is 0 Å². The molecule has 3 saturated heterocycles. The van der Waals surface area contributed by atoms with Crippen LogP contribution in [0.3, 0.4) is 0 Å². The molecule has 0 aromatic rings. The number of rotatable bonds is 3. The maximum atomic E-state index is 12.4. The minimum absolute atomic E-state index is 0.00547. The van der Waals surface area contributed by atoms with Gasteiger partial charge in [-0.3, -0.25) is 9.59 Å². The van der Waals surface area contributed by atoms with E-state index in [1.807, 2.05) is 0 Å². The van der Waals surface area contributed by atoms with Gasteiger partial charge in [0, 0.05) is 32.2 Å². The second kappa shape index (κ2) is 5.93. The van der Waals surface area contributed by atoms with Gasteiger partial charge in [-0.15, -0.1) is 0 Å². The first-order chi connectivity index (χ1) is 10.1. The zero-order valence-electron chi connectivity index (χ0n) is 12.3. The van der Waals surface area contributed by atoms with Crippen molar-refractivity contribution < 1.29 is 24.2 Å². The molecule has 21 heavy (non-hydrogen) atoms. The van der Waals surface area contributed by atoms with Gasteiger partial charge >= 0.3 is 5.97 Å². The van der Waals surface area contributed by atoms with E-state index >= 15 is 0 Å². The molecule has 0 bridgehead atoms. The number of nitrogens with zero attached hydrogens (tertiary/aromatic N) is 1. The highest BCUT2D eigenvalue weighted by Gasteiger charge is 2.54. The molecule has 3 atom stereocenters. The second-order valence-electron chi connectivity index (χ2n) is 6.45. The molecule has 3 rings (SSSR count). The summed E-state index contributed by atoms with van der Waals surface area (Å²) < 4.78 is 11.0. The Bertz CT molecular complexity index is 420. The summed E-state index contributed by atoms with van der Waals surface area (Å²) in [5.41, 5.74) is -0.804. The van der Waals surface area contributed by atoms with Gasteiger partial charge in [0.25, 0.3) is 0 Å². The lowest BCUT2D eigenvalue weighted by atomic mass is 9.74. The summed E-state index contributed by atoms with van der Waals surface area (Å²) in [6.45, 7) is 2.46. The van der Waals surface area contributed by atoms with Crippen LogP contribution < -0.4 is 0 Å². The predicted molar refractivity (Wildman–Crippen MR) is 73.8 cm³/mol. The van der Waals surface area contributed by atoms with Crippen molar-refractivity contribution in [2.24, 2.45) is 11.3 Å². The van der Waals surface area contributed by atoms with Crippen LogP contribution in [-0.4, -0.2) is 60.9 Å². The number of fused-ring (bicyclic) bond motifs is 1. The Morgan fingerprint density at radius 1 is 1.29 bits per heavy atom. The van der Waals surface area contributed by atoms with Crippen LogP contribution in [0.4, 0.5) is 0 Å². The van der Waals surface area contributed by atoms with Crippen LogP contribution >= 0.6 is 0 Å². The summed E-state index contributed by atoms with van der Waals surface area (Å²) >= 11 is 0. The molecule has 0 aliphatic carbocycles. The standard InChI is InChI=1S/C15H23NO5/c17-13(7-12-3-1-2-5-21-12)16-8-11-9-20-6-4-15(11,10-16)14(18)19/h11-12H,1-10H2,(H,18,19)/t11-,12?,15+/m0/s1. The quantitative estimate of drug-likeness (QED) is 0.837. The lowest BCUT2D eigenvalue weighted by molar-refractivity contribution is -0.157. The third-order valence-electron chi connectivity index (χ3n) is 5.16. The van der Waals surface area contributed by atoms with Gasteiger partial charge in [0.2, 0.25) is 5.91 Å². The van der Waals surface area contributed by atoms with Crippen molar-refractivity contribution in [1.82, 2.24) is 4.90 Å². The van der Waals surface area contributed by atoms with Crippen LogP contribution in [0, 0.1) is 11.3 Å². The fraction of sp³-hybridized carbons (Fsp3) is 0.867. The van der Waals surface area contributed by atoms with Crippen molar-refractivity contribution in [2.75, 3.05) is 32.9 Å². The smallest absolute Gasteiger partial charge is 0.311 e. The minimum Gasteiger partial charge on any atom is -0.481 e. The first-order valence-corrected chi connectivity index (χ1v) is 7.82. The third kappa shape index (κ3) is 2.79. The molecule has 118 valence electrons. The zero-order chi connectivity index (χ0) is 14.9. The van der Waals surface area contributed by atoms with Gasteiger partial charge < -0.3 is 19.5 Å². The molecule has 1 amide bonds. The Morgan fingerprint density at radius 2 is 2.14 bits per heavy atom. The zero-order valence-corrected chi connectivity index (χ0v) is 12.3. The molecule has 0 aromatic carbocycles. The Morgan fingerprint density at radius 3 is 2.81 bits per heavy atom. The van der Waals surface area contributed by atoms with Gasteiger partial charge in [-0.2, -0.15) is 0 Å².